The van der Waals surface area contributed by atoms with Crippen LogP contribution in [0.1, 0.15) is 65.2 Å². The van der Waals surface area contributed by atoms with Gasteiger partial charge < -0.3 is 0 Å². The second kappa shape index (κ2) is 22.1. The molecule has 0 aromatic carbocycles. The quantitative estimate of drug-likeness (QED) is 0.129. The zero-order valence-electron chi connectivity index (χ0n) is 13.3. The fourth-order valence-electron chi connectivity index (χ4n) is 1.44. The second-order valence-electron chi connectivity index (χ2n) is 4.71. The number of rotatable bonds is 10. The van der Waals surface area contributed by atoms with Crippen molar-refractivity contribution in [3.05, 3.63) is 0 Å². The molecule has 0 nitrogen and oxygen atoms in total. The van der Waals surface area contributed by atoms with Gasteiger partial charge in [0.05, 0.1) is 0 Å². The Balaban J connectivity index is -0.000000297. The zero-order valence-corrected chi connectivity index (χ0v) is 22.7. The predicted molar refractivity (Wildman–Crippen MR) is 119 cm³/mol. The van der Waals surface area contributed by atoms with E-state index in [2.05, 4.69) is 13.8 Å². The first-order chi connectivity index (χ1) is 10.5. The summed E-state index contributed by atoms with van der Waals surface area (Å²) >= 11 is 33.8. The van der Waals surface area contributed by atoms with Crippen LogP contribution in [-0.2, 0) is 15.9 Å². The van der Waals surface area contributed by atoms with Crippen molar-refractivity contribution < 1.29 is 15.9 Å². The molecule has 0 aliphatic carbocycles. The Morgan fingerprint density at radius 2 is 0.826 bits per heavy atom. The Labute approximate surface area is 188 Å². The normalized spacial score (nSPS) is 11.4. The molecule has 0 saturated carbocycles. The van der Waals surface area contributed by atoms with E-state index in [0.717, 1.165) is 25.2 Å². The van der Waals surface area contributed by atoms with Crippen LogP contribution >= 0.6 is 97.1 Å². The SMILES string of the molecule is CCCCCC[P+](Cl)(Cl)Cl.CCCCCC[P+](Cl)(Cl)Cl.[Cl][Pd][Cl]. The Hall–Kier alpha value is 3.84. The number of hydrogen-bond donors (Lipinski definition) is 0. The van der Waals surface area contributed by atoms with Crippen LogP contribution in [0.25, 0.3) is 0 Å². The van der Waals surface area contributed by atoms with Gasteiger partial charge in [-0.05, 0) is 25.7 Å². The maximum atomic E-state index is 5.65. The third-order valence-electron chi connectivity index (χ3n) is 2.53. The Bertz CT molecular complexity index is 202. The van der Waals surface area contributed by atoms with E-state index in [0.29, 0.717) is 0 Å². The molecule has 0 amide bonds. The summed E-state index contributed by atoms with van der Waals surface area (Å²) in [5, 5.41) is -4.08. The van der Waals surface area contributed by atoms with Gasteiger partial charge in [0.2, 0.25) is 0 Å². The first kappa shape index (κ1) is 31.5. The molecule has 0 aliphatic heterocycles. The minimum atomic E-state index is -2.04. The molecule has 0 aromatic heterocycles. The molecule has 0 radical (unpaired) electrons. The Morgan fingerprint density at radius 1 is 0.565 bits per heavy atom. The van der Waals surface area contributed by atoms with Crippen LogP contribution in [0.5, 0.6) is 0 Å². The molecule has 0 saturated heterocycles. The number of hydrogen-bond acceptors (Lipinski definition) is 0. The molecular formula is C12H26Cl8P2Pd+2. The van der Waals surface area contributed by atoms with Crippen molar-refractivity contribution >= 4 is 97.1 Å². The first-order valence-electron chi connectivity index (χ1n) is 7.30. The van der Waals surface area contributed by atoms with Gasteiger partial charge in [0.25, 0.3) is 0 Å². The Morgan fingerprint density at radius 3 is 1.00 bits per heavy atom. The summed E-state index contributed by atoms with van der Waals surface area (Å²) in [6.07, 6.45) is 11.1. The molecule has 0 heterocycles. The van der Waals surface area contributed by atoms with Crippen LogP contribution in [0.3, 0.4) is 0 Å². The fraction of sp³-hybridized carbons (Fsp3) is 1.00. The van der Waals surface area contributed by atoms with Gasteiger partial charge in [-0.3, -0.25) is 0 Å². The molecule has 0 aromatic rings. The van der Waals surface area contributed by atoms with Crippen LogP contribution in [0.15, 0.2) is 0 Å². The van der Waals surface area contributed by atoms with E-state index < -0.39 is 10.6 Å². The van der Waals surface area contributed by atoms with Gasteiger partial charge in [0.1, 0.15) is 79.8 Å². The second-order valence-corrected chi connectivity index (χ2v) is 23.7. The molecule has 0 bridgehead atoms. The van der Waals surface area contributed by atoms with E-state index in [9.17, 15) is 0 Å². The molecule has 148 valence electrons. The van der Waals surface area contributed by atoms with Crippen LogP contribution in [0.2, 0.25) is 0 Å². The predicted octanol–water partition coefficient (Wildman–Crippen LogP) is 11.5. The molecule has 23 heavy (non-hydrogen) atoms. The number of halogens is 8. The van der Waals surface area contributed by atoms with E-state index in [-0.39, 0.29) is 15.9 Å². The van der Waals surface area contributed by atoms with Gasteiger partial charge in [0, 0.05) is 0 Å². The van der Waals surface area contributed by atoms with E-state index in [1.165, 1.54) is 38.5 Å². The summed E-state index contributed by atoms with van der Waals surface area (Å²) in [4.78, 5) is 0. The summed E-state index contributed by atoms with van der Waals surface area (Å²) in [7, 11) is 9.63. The minimum absolute atomic E-state index is 0.106. The van der Waals surface area contributed by atoms with E-state index in [1.807, 2.05) is 0 Å². The van der Waals surface area contributed by atoms with Crippen LogP contribution in [0, 0.1) is 0 Å². The average molecular weight is 622 g/mol. The fourth-order valence-corrected chi connectivity index (χ4v) is 4.75. The van der Waals surface area contributed by atoms with Crippen molar-refractivity contribution in [2.24, 2.45) is 0 Å². The molecule has 0 atom stereocenters. The third-order valence-corrected chi connectivity index (χ3v) is 7.22. The van der Waals surface area contributed by atoms with Gasteiger partial charge in [-0.2, -0.15) is 0 Å². The van der Waals surface area contributed by atoms with Crippen molar-refractivity contribution in [1.82, 2.24) is 0 Å². The van der Waals surface area contributed by atoms with Crippen molar-refractivity contribution in [2.75, 3.05) is 12.3 Å². The topological polar surface area (TPSA) is 0 Å². The summed E-state index contributed by atoms with van der Waals surface area (Å²) in [5.74, 6) is 0. The molecular weight excluding hydrogens is 596 g/mol. The van der Waals surface area contributed by atoms with E-state index >= 15 is 0 Å². The molecule has 0 spiro atoms. The summed E-state index contributed by atoms with van der Waals surface area (Å²) in [6, 6.07) is 0. The molecule has 0 unspecified atom stereocenters. The molecule has 0 N–H and O–H groups in total. The van der Waals surface area contributed by atoms with E-state index in [4.69, 9.17) is 86.5 Å². The van der Waals surface area contributed by atoms with Crippen molar-refractivity contribution in [1.29, 1.82) is 0 Å². The summed E-state index contributed by atoms with van der Waals surface area (Å²) < 4.78 is 0. The van der Waals surface area contributed by atoms with Gasteiger partial charge in [-0.15, -0.1) is 0 Å². The standard InChI is InChI=1S/2C6H13Cl3P.2ClH.Pd/c2*1-2-3-4-5-6-10(7,8)9;;;/h2*2-6H2,1H3;2*1H;/q2*+1;;;+2/p-2. The van der Waals surface area contributed by atoms with Crippen molar-refractivity contribution in [3.63, 3.8) is 0 Å². The third kappa shape index (κ3) is 46.1. The monoisotopic (exact) mass is 618 g/mol. The maximum absolute atomic E-state index is 5.65. The summed E-state index contributed by atoms with van der Waals surface area (Å²) in [5.41, 5.74) is 0. The van der Waals surface area contributed by atoms with Gasteiger partial charge in [-0.25, -0.2) is 0 Å². The molecule has 0 aliphatic rings. The average Bonchev–Trinajstić information content (AvgIpc) is 2.39. The Kier molecular flexibility index (Phi) is 30.3. The van der Waals surface area contributed by atoms with Crippen molar-refractivity contribution in [2.45, 2.75) is 65.2 Å². The van der Waals surface area contributed by atoms with Crippen LogP contribution in [0.4, 0.5) is 0 Å². The van der Waals surface area contributed by atoms with Gasteiger partial charge in [0.15, 0.2) is 0 Å². The number of unbranched alkanes of at least 4 members (excludes halogenated alkanes) is 6. The zero-order chi connectivity index (χ0) is 18.8. The van der Waals surface area contributed by atoms with Crippen molar-refractivity contribution in [3.8, 4) is 0 Å². The van der Waals surface area contributed by atoms with Crippen LogP contribution in [-0.4, -0.2) is 12.3 Å². The van der Waals surface area contributed by atoms with E-state index in [1.54, 1.807) is 0 Å². The van der Waals surface area contributed by atoms with Gasteiger partial charge >= 0.3 is 45.6 Å². The summed E-state index contributed by atoms with van der Waals surface area (Å²) in [6.45, 7) is 4.34. The molecule has 0 fully saturated rings. The van der Waals surface area contributed by atoms with Gasteiger partial charge in [-0.1, -0.05) is 39.5 Å². The molecule has 11 heteroatoms. The molecule has 0 rings (SSSR count). The first-order valence-corrected chi connectivity index (χ1v) is 20.7. The van der Waals surface area contributed by atoms with Crippen LogP contribution < -0.4 is 0 Å².